The second-order valence-corrected chi connectivity index (χ2v) is 3.33. The Hall–Kier alpha value is -1.75. The Balaban J connectivity index is 2.80. The van der Waals surface area contributed by atoms with Crippen molar-refractivity contribution in [3.8, 4) is 0 Å². The molecule has 3 N–H and O–H groups in total. The number of carboxylic acids is 1. The molecule has 0 saturated heterocycles. The second-order valence-electron chi connectivity index (χ2n) is 3.33. The molecule has 1 rings (SSSR count). The first kappa shape index (κ1) is 12.3. The number of halogens is 1. The van der Waals surface area contributed by atoms with Crippen molar-refractivity contribution in [1.29, 1.82) is 0 Å². The van der Waals surface area contributed by atoms with E-state index in [0.29, 0.717) is 5.56 Å². The van der Waals surface area contributed by atoms with Crippen molar-refractivity contribution in [3.05, 3.63) is 35.1 Å². The van der Waals surface area contributed by atoms with Crippen molar-refractivity contribution in [2.45, 2.75) is 19.4 Å². The van der Waals surface area contributed by atoms with Crippen molar-refractivity contribution in [2.75, 3.05) is 0 Å². The van der Waals surface area contributed by atoms with Crippen LogP contribution in [0.4, 0.5) is 4.39 Å². The maximum absolute atomic E-state index is 13.1. The van der Waals surface area contributed by atoms with Gasteiger partial charge in [-0.25, -0.2) is 4.39 Å². The second kappa shape index (κ2) is 5.37. The normalized spacial score (nSPS) is 10.1. The Labute approximate surface area is 91.9 Å². The summed E-state index contributed by atoms with van der Waals surface area (Å²) in [5.41, 5.74) is 5.84. The predicted molar refractivity (Wildman–Crippen MR) is 55.5 cm³/mol. The van der Waals surface area contributed by atoms with Gasteiger partial charge in [-0.05, 0) is 18.2 Å². The molecule has 0 fully saturated rings. The SMILES string of the molecule is NCc1cc(C(=O)CCC(=O)O)ccc1F. The summed E-state index contributed by atoms with van der Waals surface area (Å²) < 4.78 is 13.1. The molecule has 0 amide bonds. The van der Waals surface area contributed by atoms with E-state index in [2.05, 4.69) is 0 Å². The standard InChI is InChI=1S/C11H12FNO3/c12-9-2-1-7(5-8(9)6-13)10(14)3-4-11(15)16/h1-2,5H,3-4,6,13H2,(H,15,16). The number of carbonyl (C=O) groups excluding carboxylic acids is 1. The molecule has 0 saturated carbocycles. The predicted octanol–water partition coefficient (Wildman–Crippen LogP) is 1.33. The highest BCUT2D eigenvalue weighted by atomic mass is 19.1. The maximum Gasteiger partial charge on any atom is 0.303 e. The zero-order valence-corrected chi connectivity index (χ0v) is 8.57. The number of rotatable bonds is 5. The molecule has 1 aromatic carbocycles. The minimum Gasteiger partial charge on any atom is -0.481 e. The monoisotopic (exact) mass is 225 g/mol. The molecule has 0 unspecified atom stereocenters. The van der Waals surface area contributed by atoms with Crippen molar-refractivity contribution in [2.24, 2.45) is 5.73 Å². The van der Waals surface area contributed by atoms with Gasteiger partial charge in [-0.3, -0.25) is 9.59 Å². The molecule has 0 spiro atoms. The Bertz CT molecular complexity index is 418. The highest BCUT2D eigenvalue weighted by molar-refractivity contribution is 5.97. The van der Waals surface area contributed by atoms with Gasteiger partial charge in [0.05, 0.1) is 6.42 Å². The van der Waals surface area contributed by atoms with Crippen molar-refractivity contribution in [1.82, 2.24) is 0 Å². The molecule has 0 aromatic heterocycles. The van der Waals surface area contributed by atoms with Crippen LogP contribution in [-0.2, 0) is 11.3 Å². The summed E-state index contributed by atoms with van der Waals surface area (Å²) in [6.07, 6.45) is -0.320. The number of carbonyl (C=O) groups is 2. The molecule has 5 heteroatoms. The first-order chi connectivity index (χ1) is 7.54. The van der Waals surface area contributed by atoms with E-state index in [9.17, 15) is 14.0 Å². The van der Waals surface area contributed by atoms with Crippen LogP contribution in [0.15, 0.2) is 18.2 Å². The van der Waals surface area contributed by atoms with Gasteiger partial charge in [0.25, 0.3) is 0 Å². The third kappa shape index (κ3) is 3.13. The average molecular weight is 225 g/mol. The minimum atomic E-state index is -1.03. The summed E-state index contributed by atoms with van der Waals surface area (Å²) in [4.78, 5) is 21.8. The van der Waals surface area contributed by atoms with E-state index in [1.807, 2.05) is 0 Å². The lowest BCUT2D eigenvalue weighted by Gasteiger charge is -2.03. The molecule has 0 radical (unpaired) electrons. The zero-order chi connectivity index (χ0) is 12.1. The molecule has 0 atom stereocenters. The van der Waals surface area contributed by atoms with Crippen LogP contribution in [0.5, 0.6) is 0 Å². The van der Waals surface area contributed by atoms with Crippen LogP contribution in [0.2, 0.25) is 0 Å². The van der Waals surface area contributed by atoms with E-state index >= 15 is 0 Å². The highest BCUT2D eigenvalue weighted by Gasteiger charge is 2.10. The third-order valence-corrected chi connectivity index (χ3v) is 2.15. The Morgan fingerprint density at radius 3 is 2.56 bits per heavy atom. The lowest BCUT2D eigenvalue weighted by Crippen LogP contribution is -2.06. The van der Waals surface area contributed by atoms with E-state index in [-0.39, 0.29) is 30.7 Å². The summed E-state index contributed by atoms with van der Waals surface area (Å²) in [6.45, 7) is 0.00584. The molecule has 0 heterocycles. The molecule has 86 valence electrons. The number of carboxylic acid groups (broad SMARTS) is 1. The van der Waals surface area contributed by atoms with Crippen molar-refractivity contribution in [3.63, 3.8) is 0 Å². The van der Waals surface area contributed by atoms with E-state index in [1.165, 1.54) is 12.1 Å². The Morgan fingerprint density at radius 2 is 2.00 bits per heavy atom. The molecule has 0 aliphatic rings. The van der Waals surface area contributed by atoms with Gasteiger partial charge in [-0.2, -0.15) is 0 Å². The Morgan fingerprint density at radius 1 is 1.31 bits per heavy atom. The van der Waals surface area contributed by atoms with Gasteiger partial charge in [-0.1, -0.05) is 0 Å². The van der Waals surface area contributed by atoms with Crippen LogP contribution < -0.4 is 5.73 Å². The van der Waals surface area contributed by atoms with Crippen molar-refractivity contribution >= 4 is 11.8 Å². The largest absolute Gasteiger partial charge is 0.481 e. The van der Waals surface area contributed by atoms with Gasteiger partial charge in [0.2, 0.25) is 0 Å². The van der Waals surface area contributed by atoms with E-state index in [0.717, 1.165) is 6.07 Å². The van der Waals surface area contributed by atoms with Gasteiger partial charge >= 0.3 is 5.97 Å². The summed E-state index contributed by atoms with van der Waals surface area (Å²) >= 11 is 0. The fourth-order valence-corrected chi connectivity index (χ4v) is 1.27. The van der Waals surface area contributed by atoms with Crippen molar-refractivity contribution < 1.29 is 19.1 Å². The molecule has 0 aliphatic heterocycles. The lowest BCUT2D eigenvalue weighted by molar-refractivity contribution is -0.136. The molecule has 0 aliphatic carbocycles. The summed E-state index contributed by atoms with van der Waals surface area (Å²) in [5, 5.41) is 8.42. The third-order valence-electron chi connectivity index (χ3n) is 2.15. The van der Waals surface area contributed by atoms with Gasteiger partial charge in [0.1, 0.15) is 5.82 Å². The quantitative estimate of drug-likeness (QED) is 0.741. The molecule has 16 heavy (non-hydrogen) atoms. The summed E-state index contributed by atoms with van der Waals surface area (Å²) in [6, 6.07) is 3.86. The number of ketones is 1. The van der Waals surface area contributed by atoms with Crippen LogP contribution >= 0.6 is 0 Å². The lowest BCUT2D eigenvalue weighted by atomic mass is 10.0. The first-order valence-corrected chi connectivity index (χ1v) is 4.78. The first-order valence-electron chi connectivity index (χ1n) is 4.78. The van der Waals surface area contributed by atoms with Crippen LogP contribution in [0.25, 0.3) is 0 Å². The number of aliphatic carboxylic acids is 1. The molecule has 4 nitrogen and oxygen atoms in total. The number of hydrogen-bond donors (Lipinski definition) is 2. The number of benzene rings is 1. The van der Waals surface area contributed by atoms with Gasteiger partial charge < -0.3 is 10.8 Å². The number of Topliss-reactive ketones (excluding diaryl/α,β-unsaturated/α-hetero) is 1. The van der Waals surface area contributed by atoms with Crippen LogP contribution in [0, 0.1) is 5.82 Å². The minimum absolute atomic E-state index is 0.00584. The fourth-order valence-electron chi connectivity index (χ4n) is 1.27. The number of hydrogen-bond acceptors (Lipinski definition) is 3. The summed E-state index contributed by atoms with van der Waals surface area (Å²) in [7, 11) is 0. The average Bonchev–Trinajstić information content (AvgIpc) is 2.26. The van der Waals surface area contributed by atoms with E-state index < -0.39 is 11.8 Å². The van der Waals surface area contributed by atoms with Crippen LogP contribution in [-0.4, -0.2) is 16.9 Å². The molecular formula is C11H12FNO3. The Kier molecular flexibility index (Phi) is 4.13. The smallest absolute Gasteiger partial charge is 0.303 e. The van der Waals surface area contributed by atoms with Gasteiger partial charge in [-0.15, -0.1) is 0 Å². The molecule has 0 bridgehead atoms. The van der Waals surface area contributed by atoms with E-state index in [1.54, 1.807) is 0 Å². The van der Waals surface area contributed by atoms with Gasteiger partial charge in [0.15, 0.2) is 5.78 Å². The van der Waals surface area contributed by atoms with Crippen LogP contribution in [0.1, 0.15) is 28.8 Å². The maximum atomic E-state index is 13.1. The molecule has 1 aromatic rings. The van der Waals surface area contributed by atoms with Gasteiger partial charge in [0, 0.05) is 24.1 Å². The molecular weight excluding hydrogens is 213 g/mol. The zero-order valence-electron chi connectivity index (χ0n) is 8.57. The summed E-state index contributed by atoms with van der Waals surface area (Å²) in [5.74, 6) is -1.82. The fraction of sp³-hybridized carbons (Fsp3) is 0.273. The van der Waals surface area contributed by atoms with E-state index in [4.69, 9.17) is 10.8 Å². The van der Waals surface area contributed by atoms with Crippen LogP contribution in [0.3, 0.4) is 0 Å². The number of nitrogens with two attached hydrogens (primary N) is 1. The topological polar surface area (TPSA) is 80.4 Å². The highest BCUT2D eigenvalue weighted by Crippen LogP contribution is 2.12.